The first-order valence-electron chi connectivity index (χ1n) is 13.6. The fraction of sp³-hybridized carbons (Fsp3) is 0.586. The molecule has 204 valence electrons. The van der Waals surface area contributed by atoms with Gasteiger partial charge < -0.3 is 20.2 Å². The highest BCUT2D eigenvalue weighted by Crippen LogP contribution is 2.62. The predicted octanol–water partition coefficient (Wildman–Crippen LogP) is 5.08. The Labute approximate surface area is 228 Å². The lowest BCUT2D eigenvalue weighted by Crippen LogP contribution is -2.44. The van der Waals surface area contributed by atoms with Gasteiger partial charge in [-0.3, -0.25) is 9.59 Å². The van der Waals surface area contributed by atoms with E-state index in [0.29, 0.717) is 41.0 Å². The zero-order valence-corrected chi connectivity index (χ0v) is 23.5. The highest BCUT2D eigenvalue weighted by Gasteiger charge is 2.57. The fourth-order valence-electron chi connectivity index (χ4n) is 7.44. The summed E-state index contributed by atoms with van der Waals surface area (Å²) in [6, 6.07) is 6.17. The van der Waals surface area contributed by atoms with Crippen LogP contribution in [-0.4, -0.2) is 43.3 Å². The summed E-state index contributed by atoms with van der Waals surface area (Å²) in [6.45, 7) is 4.54. The predicted molar refractivity (Wildman–Crippen MR) is 149 cm³/mol. The summed E-state index contributed by atoms with van der Waals surface area (Å²) in [6.07, 6.45) is 8.19. The van der Waals surface area contributed by atoms with E-state index in [1.54, 1.807) is 20.4 Å². The SMILES string of the molecule is CNCC(=O)Oc1ccc2c(c1)CCC1C2CC[C@]2(C)/C(=N/OC)C[C@@H](CCC(=O)Nc3ncc(C)s3)C12. The number of thiazole rings is 1. The molecule has 3 aliphatic carbocycles. The van der Waals surface area contributed by atoms with Crippen LogP contribution in [0.2, 0.25) is 0 Å². The van der Waals surface area contributed by atoms with E-state index in [0.717, 1.165) is 49.1 Å². The summed E-state index contributed by atoms with van der Waals surface area (Å²) in [5.74, 6) is 2.20. The Hall–Kier alpha value is -2.78. The monoisotopic (exact) mass is 538 g/mol. The number of fused-ring (bicyclic) bond motifs is 5. The third kappa shape index (κ3) is 5.23. The number of hydrogen-bond acceptors (Lipinski definition) is 8. The van der Waals surface area contributed by atoms with Crippen LogP contribution in [0.4, 0.5) is 5.13 Å². The van der Waals surface area contributed by atoms with Crippen molar-refractivity contribution in [3.8, 4) is 5.75 Å². The number of likely N-dealkylation sites (N-methyl/N-ethyl adjacent to an activating group) is 1. The third-order valence-corrected chi connectivity index (χ3v) is 9.76. The number of aryl methyl sites for hydroxylation is 2. The highest BCUT2D eigenvalue weighted by molar-refractivity contribution is 7.15. The van der Waals surface area contributed by atoms with Crippen molar-refractivity contribution in [2.75, 3.05) is 26.0 Å². The molecule has 0 bridgehead atoms. The van der Waals surface area contributed by atoms with Crippen molar-refractivity contribution in [1.82, 2.24) is 10.3 Å². The second-order valence-corrected chi connectivity index (χ2v) is 12.4. The van der Waals surface area contributed by atoms with Crippen molar-refractivity contribution in [3.05, 3.63) is 40.4 Å². The van der Waals surface area contributed by atoms with Crippen molar-refractivity contribution < 1.29 is 19.2 Å². The molecule has 1 heterocycles. The van der Waals surface area contributed by atoms with E-state index in [9.17, 15) is 9.59 Å². The Morgan fingerprint density at radius 2 is 2.13 bits per heavy atom. The average Bonchev–Trinajstić information content (AvgIpc) is 3.42. The molecule has 1 aromatic carbocycles. The quantitative estimate of drug-likeness (QED) is 0.276. The lowest BCUT2D eigenvalue weighted by molar-refractivity contribution is -0.133. The molecule has 9 heteroatoms. The molecule has 0 spiro atoms. The van der Waals surface area contributed by atoms with Crippen molar-refractivity contribution in [2.24, 2.45) is 28.3 Å². The number of oxime groups is 1. The first-order valence-corrected chi connectivity index (χ1v) is 14.4. The van der Waals surface area contributed by atoms with Crippen molar-refractivity contribution in [1.29, 1.82) is 0 Å². The van der Waals surface area contributed by atoms with E-state index in [2.05, 4.69) is 39.8 Å². The van der Waals surface area contributed by atoms with Gasteiger partial charge in [0.25, 0.3) is 0 Å². The first-order chi connectivity index (χ1) is 18.3. The summed E-state index contributed by atoms with van der Waals surface area (Å²) in [4.78, 5) is 35.4. The molecule has 2 saturated carbocycles. The Morgan fingerprint density at radius 1 is 1.29 bits per heavy atom. The molecule has 3 aliphatic rings. The molecular formula is C29H38N4O4S. The summed E-state index contributed by atoms with van der Waals surface area (Å²) < 4.78 is 5.53. The van der Waals surface area contributed by atoms with E-state index in [1.165, 1.54) is 22.5 Å². The Balaban J connectivity index is 1.34. The van der Waals surface area contributed by atoms with Gasteiger partial charge in [-0.1, -0.05) is 18.1 Å². The molecule has 2 N–H and O–H groups in total. The summed E-state index contributed by atoms with van der Waals surface area (Å²) in [7, 11) is 3.37. The van der Waals surface area contributed by atoms with Crippen molar-refractivity contribution in [2.45, 2.75) is 64.7 Å². The van der Waals surface area contributed by atoms with Crippen LogP contribution in [0.5, 0.6) is 5.75 Å². The average molecular weight is 539 g/mol. The molecule has 8 nitrogen and oxygen atoms in total. The maximum absolute atomic E-state index is 12.8. The number of benzene rings is 1. The molecule has 1 amide bonds. The minimum atomic E-state index is -0.276. The van der Waals surface area contributed by atoms with Crippen LogP contribution in [0.25, 0.3) is 0 Å². The minimum absolute atomic E-state index is 0.00906. The van der Waals surface area contributed by atoms with Crippen LogP contribution in [0.15, 0.2) is 29.6 Å². The zero-order valence-electron chi connectivity index (χ0n) is 22.7. The van der Waals surface area contributed by atoms with Gasteiger partial charge in [-0.25, -0.2) is 4.98 Å². The zero-order chi connectivity index (χ0) is 26.9. The van der Waals surface area contributed by atoms with Gasteiger partial charge >= 0.3 is 5.97 Å². The minimum Gasteiger partial charge on any atom is -0.426 e. The molecule has 0 radical (unpaired) electrons. The number of ether oxygens (including phenoxy) is 1. The van der Waals surface area contributed by atoms with Gasteiger partial charge in [0.2, 0.25) is 5.91 Å². The molecule has 3 unspecified atom stereocenters. The standard InChI is InChI=1S/C29H38N4O4S/c1-17-15-31-28(38-17)32-25(34)10-6-19-14-24(33-36-4)29(2)12-11-22-21-9-7-20(37-26(35)16-30-3)13-18(21)5-8-23(22)27(19)29/h7,9,13,15,19,22-23,27,30H,5-6,8,10-12,14,16H2,1-4H3,(H,31,32,34)/b33-24+/t19-,22?,23?,27?,29-/m1/s1. The largest absolute Gasteiger partial charge is 0.426 e. The van der Waals surface area contributed by atoms with Crippen LogP contribution < -0.4 is 15.4 Å². The van der Waals surface area contributed by atoms with E-state index in [1.807, 2.05) is 13.0 Å². The van der Waals surface area contributed by atoms with Crippen LogP contribution in [0.3, 0.4) is 0 Å². The van der Waals surface area contributed by atoms with Gasteiger partial charge in [-0.15, -0.1) is 11.3 Å². The lowest BCUT2D eigenvalue weighted by atomic mass is 9.54. The van der Waals surface area contributed by atoms with Gasteiger partial charge in [0.05, 0.1) is 12.3 Å². The van der Waals surface area contributed by atoms with E-state index < -0.39 is 0 Å². The maximum Gasteiger partial charge on any atom is 0.325 e. The molecular weight excluding hydrogens is 500 g/mol. The number of esters is 1. The van der Waals surface area contributed by atoms with Crippen LogP contribution in [0, 0.1) is 30.1 Å². The maximum atomic E-state index is 12.8. The number of rotatable bonds is 8. The normalized spacial score (nSPS) is 28.8. The van der Waals surface area contributed by atoms with Crippen LogP contribution in [0.1, 0.15) is 67.4 Å². The smallest absolute Gasteiger partial charge is 0.325 e. The number of amides is 1. The molecule has 1 aromatic heterocycles. The number of carbonyl (C=O) groups excluding carboxylic acids is 2. The van der Waals surface area contributed by atoms with E-state index in [4.69, 9.17) is 9.57 Å². The number of anilines is 1. The Morgan fingerprint density at radius 3 is 2.87 bits per heavy atom. The lowest BCUT2D eigenvalue weighted by Gasteiger charge is -2.50. The second-order valence-electron chi connectivity index (χ2n) is 11.2. The molecule has 38 heavy (non-hydrogen) atoms. The number of carbonyl (C=O) groups is 2. The van der Waals surface area contributed by atoms with Gasteiger partial charge in [-0.2, -0.15) is 0 Å². The second kappa shape index (κ2) is 11.1. The number of nitrogens with one attached hydrogen (secondary N) is 2. The van der Waals surface area contributed by atoms with E-state index >= 15 is 0 Å². The van der Waals surface area contributed by atoms with Crippen molar-refractivity contribution >= 4 is 34.1 Å². The Kier molecular flexibility index (Phi) is 7.86. The summed E-state index contributed by atoms with van der Waals surface area (Å²) in [5.41, 5.74) is 3.83. The molecule has 2 fully saturated rings. The number of aromatic nitrogens is 1. The topological polar surface area (TPSA) is 102 Å². The highest BCUT2D eigenvalue weighted by atomic mass is 32.1. The van der Waals surface area contributed by atoms with Gasteiger partial charge in [-0.05, 0) is 99.4 Å². The summed E-state index contributed by atoms with van der Waals surface area (Å²) >= 11 is 1.50. The van der Waals surface area contributed by atoms with Crippen molar-refractivity contribution in [3.63, 3.8) is 0 Å². The number of nitrogens with zero attached hydrogens (tertiary/aromatic N) is 2. The molecule has 5 atom stereocenters. The first kappa shape index (κ1) is 26.8. The molecule has 5 rings (SSSR count). The molecule has 2 aromatic rings. The molecule has 0 saturated heterocycles. The number of hydrogen-bond donors (Lipinski definition) is 2. The van der Waals surface area contributed by atoms with Gasteiger partial charge in [0.1, 0.15) is 12.9 Å². The van der Waals surface area contributed by atoms with Crippen LogP contribution in [-0.2, 0) is 20.8 Å². The van der Waals surface area contributed by atoms with E-state index in [-0.39, 0.29) is 23.8 Å². The fourth-order valence-corrected chi connectivity index (χ4v) is 8.12. The van der Waals surface area contributed by atoms with Gasteiger partial charge in [0.15, 0.2) is 5.13 Å². The van der Waals surface area contributed by atoms with Gasteiger partial charge in [0, 0.05) is 22.9 Å². The molecule has 0 aliphatic heterocycles. The Bertz CT molecular complexity index is 1230. The van der Waals surface area contributed by atoms with Crippen LogP contribution >= 0.6 is 11.3 Å². The summed E-state index contributed by atoms with van der Waals surface area (Å²) in [5, 5.41) is 11.0. The third-order valence-electron chi connectivity index (χ3n) is 8.94.